The molecule has 3 heteroatoms. The molecule has 0 radical (unpaired) electrons. The molecule has 1 rings (SSSR count). The van der Waals surface area contributed by atoms with Crippen molar-refractivity contribution in [2.45, 2.75) is 38.8 Å². The molecule has 2 atom stereocenters. The van der Waals surface area contributed by atoms with Crippen LogP contribution in [0, 0.1) is 0 Å². The van der Waals surface area contributed by atoms with Gasteiger partial charge in [-0.2, -0.15) is 0 Å². The molecule has 1 aromatic carbocycles. The van der Waals surface area contributed by atoms with Crippen LogP contribution in [-0.2, 0) is 4.74 Å². The van der Waals surface area contributed by atoms with Gasteiger partial charge in [-0.05, 0) is 31.0 Å². The third-order valence-electron chi connectivity index (χ3n) is 2.59. The molecule has 0 fully saturated rings. The summed E-state index contributed by atoms with van der Waals surface area (Å²) < 4.78 is 5.67. The van der Waals surface area contributed by atoms with E-state index in [1.165, 1.54) is 0 Å². The van der Waals surface area contributed by atoms with Crippen LogP contribution in [0.5, 0.6) is 0 Å². The van der Waals surface area contributed by atoms with Crippen LogP contribution in [0.1, 0.15) is 38.3 Å². The van der Waals surface area contributed by atoms with Gasteiger partial charge in [0.05, 0.1) is 12.1 Å². The van der Waals surface area contributed by atoms with Gasteiger partial charge in [-0.25, -0.2) is 0 Å². The van der Waals surface area contributed by atoms with Crippen molar-refractivity contribution in [1.82, 2.24) is 0 Å². The molecule has 16 heavy (non-hydrogen) atoms. The quantitative estimate of drug-likeness (QED) is 0.827. The fourth-order valence-corrected chi connectivity index (χ4v) is 1.99. The SMILES string of the molecule is CCCC(OCC)C(N)c1cccc(Cl)c1. The molecule has 0 saturated heterocycles. The van der Waals surface area contributed by atoms with Crippen LogP contribution in [0.2, 0.25) is 5.02 Å². The molecule has 0 bridgehead atoms. The molecule has 0 amide bonds. The maximum atomic E-state index is 6.20. The van der Waals surface area contributed by atoms with E-state index in [-0.39, 0.29) is 12.1 Å². The lowest BCUT2D eigenvalue weighted by Crippen LogP contribution is -2.29. The molecule has 2 N–H and O–H groups in total. The van der Waals surface area contributed by atoms with Crippen LogP contribution in [0.3, 0.4) is 0 Å². The van der Waals surface area contributed by atoms with E-state index in [1.807, 2.05) is 31.2 Å². The lowest BCUT2D eigenvalue weighted by Gasteiger charge is -2.23. The van der Waals surface area contributed by atoms with E-state index in [0.717, 1.165) is 23.4 Å². The van der Waals surface area contributed by atoms with Crippen molar-refractivity contribution < 1.29 is 4.74 Å². The molecule has 90 valence electrons. The first kappa shape index (κ1) is 13.5. The summed E-state index contributed by atoms with van der Waals surface area (Å²) in [5.74, 6) is 0. The molecule has 2 unspecified atom stereocenters. The molecule has 0 heterocycles. The van der Waals surface area contributed by atoms with Crippen molar-refractivity contribution in [2.75, 3.05) is 6.61 Å². The standard InChI is InChI=1S/C13H20ClNO/c1-3-6-12(16-4-2)13(15)10-7-5-8-11(14)9-10/h5,7-9,12-13H,3-4,6,15H2,1-2H3. The zero-order chi connectivity index (χ0) is 12.0. The summed E-state index contributed by atoms with van der Waals surface area (Å²) in [6.45, 7) is 4.82. The van der Waals surface area contributed by atoms with Gasteiger partial charge in [0.2, 0.25) is 0 Å². The second kappa shape index (κ2) is 6.89. The van der Waals surface area contributed by atoms with Gasteiger partial charge in [-0.15, -0.1) is 0 Å². The van der Waals surface area contributed by atoms with Crippen LogP contribution < -0.4 is 5.73 Å². The molecule has 0 aromatic heterocycles. The first-order valence-electron chi connectivity index (χ1n) is 5.81. The minimum absolute atomic E-state index is 0.0773. The Morgan fingerprint density at radius 3 is 2.69 bits per heavy atom. The van der Waals surface area contributed by atoms with Crippen molar-refractivity contribution in [3.63, 3.8) is 0 Å². The van der Waals surface area contributed by atoms with Gasteiger partial charge in [0.25, 0.3) is 0 Å². The van der Waals surface area contributed by atoms with E-state index in [9.17, 15) is 0 Å². The minimum Gasteiger partial charge on any atom is -0.377 e. The molecule has 0 spiro atoms. The van der Waals surface area contributed by atoms with E-state index < -0.39 is 0 Å². The summed E-state index contributed by atoms with van der Waals surface area (Å²) in [5, 5.41) is 0.722. The lowest BCUT2D eigenvalue weighted by molar-refractivity contribution is 0.0374. The van der Waals surface area contributed by atoms with Crippen molar-refractivity contribution in [3.8, 4) is 0 Å². The van der Waals surface area contributed by atoms with E-state index in [4.69, 9.17) is 22.1 Å². The third kappa shape index (κ3) is 3.78. The Kier molecular flexibility index (Phi) is 5.81. The highest BCUT2D eigenvalue weighted by atomic mass is 35.5. The second-order valence-electron chi connectivity index (χ2n) is 3.86. The van der Waals surface area contributed by atoms with Crippen LogP contribution in [0.4, 0.5) is 0 Å². The monoisotopic (exact) mass is 241 g/mol. The highest BCUT2D eigenvalue weighted by molar-refractivity contribution is 6.30. The van der Waals surface area contributed by atoms with Crippen molar-refractivity contribution in [2.24, 2.45) is 5.73 Å². The normalized spacial score (nSPS) is 14.8. The second-order valence-corrected chi connectivity index (χ2v) is 4.30. The fourth-order valence-electron chi connectivity index (χ4n) is 1.79. The summed E-state index contributed by atoms with van der Waals surface area (Å²) in [4.78, 5) is 0. The molecule has 0 aliphatic carbocycles. The topological polar surface area (TPSA) is 35.2 Å². The Morgan fingerprint density at radius 2 is 2.12 bits per heavy atom. The van der Waals surface area contributed by atoms with Crippen molar-refractivity contribution >= 4 is 11.6 Å². The molecular weight excluding hydrogens is 222 g/mol. The average molecular weight is 242 g/mol. The third-order valence-corrected chi connectivity index (χ3v) is 2.82. The van der Waals surface area contributed by atoms with Gasteiger partial charge in [0.15, 0.2) is 0 Å². The van der Waals surface area contributed by atoms with E-state index in [0.29, 0.717) is 6.61 Å². The van der Waals surface area contributed by atoms with Gasteiger partial charge in [0, 0.05) is 11.6 Å². The highest BCUT2D eigenvalue weighted by Crippen LogP contribution is 2.22. The summed E-state index contributed by atoms with van der Waals surface area (Å²) in [7, 11) is 0. The van der Waals surface area contributed by atoms with Crippen molar-refractivity contribution in [3.05, 3.63) is 34.9 Å². The fraction of sp³-hybridized carbons (Fsp3) is 0.538. The first-order chi connectivity index (χ1) is 7.69. The molecule has 0 aliphatic heterocycles. The lowest BCUT2D eigenvalue weighted by atomic mass is 9.99. The number of ether oxygens (including phenoxy) is 1. The average Bonchev–Trinajstić information content (AvgIpc) is 2.28. The Balaban J connectivity index is 2.76. The maximum absolute atomic E-state index is 6.20. The van der Waals surface area contributed by atoms with Crippen LogP contribution in [0.15, 0.2) is 24.3 Å². The Hall–Kier alpha value is -0.570. The predicted octanol–water partition coefficient (Wildman–Crippen LogP) is 3.55. The highest BCUT2D eigenvalue weighted by Gasteiger charge is 2.18. The van der Waals surface area contributed by atoms with Crippen LogP contribution in [-0.4, -0.2) is 12.7 Å². The minimum atomic E-state index is -0.0985. The summed E-state index contributed by atoms with van der Waals surface area (Å²) in [5.41, 5.74) is 7.24. The van der Waals surface area contributed by atoms with Gasteiger partial charge < -0.3 is 10.5 Å². The first-order valence-corrected chi connectivity index (χ1v) is 6.19. The number of hydrogen-bond donors (Lipinski definition) is 1. The summed E-state index contributed by atoms with van der Waals surface area (Å²) >= 11 is 5.95. The number of nitrogens with two attached hydrogens (primary N) is 1. The Labute approximate surface area is 103 Å². The van der Waals surface area contributed by atoms with E-state index in [1.54, 1.807) is 0 Å². The van der Waals surface area contributed by atoms with E-state index in [2.05, 4.69) is 6.92 Å². The molecule has 0 aliphatic rings. The number of benzene rings is 1. The van der Waals surface area contributed by atoms with Gasteiger partial charge >= 0.3 is 0 Å². The van der Waals surface area contributed by atoms with Crippen LogP contribution >= 0.6 is 11.6 Å². The molecular formula is C13H20ClNO. The summed E-state index contributed by atoms with van der Waals surface area (Å²) in [6, 6.07) is 7.59. The van der Waals surface area contributed by atoms with Crippen LogP contribution in [0.25, 0.3) is 0 Å². The van der Waals surface area contributed by atoms with Gasteiger partial charge in [-0.1, -0.05) is 37.1 Å². The number of rotatable bonds is 6. The van der Waals surface area contributed by atoms with Gasteiger partial charge in [0.1, 0.15) is 0 Å². The smallest absolute Gasteiger partial charge is 0.0767 e. The maximum Gasteiger partial charge on any atom is 0.0767 e. The zero-order valence-corrected chi connectivity index (χ0v) is 10.7. The Morgan fingerprint density at radius 1 is 1.38 bits per heavy atom. The predicted molar refractivity (Wildman–Crippen MR) is 68.7 cm³/mol. The number of hydrogen-bond acceptors (Lipinski definition) is 2. The zero-order valence-electron chi connectivity index (χ0n) is 9.95. The Bertz CT molecular complexity index is 311. The molecule has 2 nitrogen and oxygen atoms in total. The van der Waals surface area contributed by atoms with E-state index >= 15 is 0 Å². The largest absolute Gasteiger partial charge is 0.377 e. The molecule has 0 saturated carbocycles. The number of halogens is 1. The molecule has 1 aromatic rings. The summed E-state index contributed by atoms with van der Waals surface area (Å²) in [6.07, 6.45) is 2.12. The van der Waals surface area contributed by atoms with Gasteiger partial charge in [-0.3, -0.25) is 0 Å². The van der Waals surface area contributed by atoms with Crippen molar-refractivity contribution in [1.29, 1.82) is 0 Å².